The first-order valence-electron chi connectivity index (χ1n) is 19.6. The third-order valence-electron chi connectivity index (χ3n) is 11.5. The minimum absolute atomic E-state index is 0.872. The molecule has 0 aliphatic carbocycles. The van der Waals surface area contributed by atoms with Gasteiger partial charge in [-0.2, -0.15) is 0 Å². The number of anilines is 3. The highest BCUT2D eigenvalue weighted by atomic mass is 32.1. The van der Waals surface area contributed by atoms with E-state index in [0.717, 1.165) is 39.0 Å². The lowest BCUT2D eigenvalue weighted by molar-refractivity contribution is 0.669. The molecule has 58 heavy (non-hydrogen) atoms. The Kier molecular flexibility index (Phi) is 7.62. The molecule has 0 aliphatic heterocycles. The van der Waals surface area contributed by atoms with Crippen LogP contribution in [-0.2, 0) is 0 Å². The zero-order valence-electron chi connectivity index (χ0n) is 31.2. The number of para-hydroxylation sites is 2. The Morgan fingerprint density at radius 3 is 1.81 bits per heavy atom. The average Bonchev–Trinajstić information content (AvgIpc) is 3.99. The number of thiophene rings is 2. The number of hydrogen-bond acceptors (Lipinski definition) is 4. The normalized spacial score (nSPS) is 11.8. The highest BCUT2D eigenvalue weighted by Crippen LogP contribution is 2.51. The van der Waals surface area contributed by atoms with Crippen molar-refractivity contribution in [2.45, 2.75) is 0 Å². The van der Waals surface area contributed by atoms with E-state index in [1.165, 1.54) is 73.7 Å². The van der Waals surface area contributed by atoms with Gasteiger partial charge >= 0.3 is 0 Å². The Balaban J connectivity index is 1.16. The number of furan rings is 1. The van der Waals surface area contributed by atoms with E-state index in [9.17, 15) is 0 Å². The van der Waals surface area contributed by atoms with Gasteiger partial charge in [0.1, 0.15) is 5.58 Å². The summed E-state index contributed by atoms with van der Waals surface area (Å²) < 4.78 is 11.9. The van der Waals surface area contributed by atoms with Crippen LogP contribution in [0.25, 0.3) is 95.7 Å². The molecule has 12 aromatic rings. The van der Waals surface area contributed by atoms with Crippen molar-refractivity contribution in [1.82, 2.24) is 0 Å². The van der Waals surface area contributed by atoms with Crippen LogP contribution in [0.15, 0.2) is 205 Å². The van der Waals surface area contributed by atoms with E-state index in [0.29, 0.717) is 0 Å². The Bertz CT molecular complexity index is 3510. The summed E-state index contributed by atoms with van der Waals surface area (Å²) in [6.07, 6.45) is 0. The number of benzene rings is 9. The van der Waals surface area contributed by atoms with Crippen molar-refractivity contribution in [3.8, 4) is 33.4 Å². The SMILES string of the molecule is c1ccc(-c2ccc3c(c2)sc2c(-c4ccccc4)ccc(N(c4ccc5sc6c(-c7ccccc7)cccc6c5c4)c4cccc5c4oc4ccccc45)c23)cc1. The molecular formula is C54H33NOS2. The molecule has 0 N–H and O–H groups in total. The Labute approximate surface area is 343 Å². The summed E-state index contributed by atoms with van der Waals surface area (Å²) in [5.74, 6) is 0. The quantitative estimate of drug-likeness (QED) is 0.167. The second-order valence-electron chi connectivity index (χ2n) is 14.8. The minimum atomic E-state index is 0.872. The van der Waals surface area contributed by atoms with Gasteiger partial charge in [0.25, 0.3) is 0 Å². The Hall–Kier alpha value is -6.98. The molecule has 0 bridgehead atoms. The molecule has 0 atom stereocenters. The van der Waals surface area contributed by atoms with Crippen molar-refractivity contribution in [3.05, 3.63) is 200 Å². The minimum Gasteiger partial charge on any atom is -0.454 e. The van der Waals surface area contributed by atoms with Crippen molar-refractivity contribution in [1.29, 1.82) is 0 Å². The average molecular weight is 776 g/mol. The van der Waals surface area contributed by atoms with E-state index in [4.69, 9.17) is 4.42 Å². The molecule has 0 spiro atoms. The van der Waals surface area contributed by atoms with Gasteiger partial charge in [0.2, 0.25) is 0 Å². The molecule has 272 valence electrons. The highest BCUT2D eigenvalue weighted by Gasteiger charge is 2.25. The molecule has 12 rings (SSSR count). The third kappa shape index (κ3) is 5.23. The van der Waals surface area contributed by atoms with Crippen molar-refractivity contribution in [3.63, 3.8) is 0 Å². The highest BCUT2D eigenvalue weighted by molar-refractivity contribution is 7.26. The first-order chi connectivity index (χ1) is 28.8. The van der Waals surface area contributed by atoms with E-state index in [2.05, 4.69) is 205 Å². The topological polar surface area (TPSA) is 16.4 Å². The molecule has 0 fully saturated rings. The molecule has 4 heteroatoms. The van der Waals surface area contributed by atoms with Crippen LogP contribution in [-0.4, -0.2) is 0 Å². The molecule has 2 nitrogen and oxygen atoms in total. The number of hydrogen-bond donors (Lipinski definition) is 0. The van der Waals surface area contributed by atoms with Crippen LogP contribution in [0, 0.1) is 0 Å². The lowest BCUT2D eigenvalue weighted by Crippen LogP contribution is -2.10. The molecule has 3 aromatic heterocycles. The summed E-state index contributed by atoms with van der Waals surface area (Å²) in [5, 5.41) is 7.21. The van der Waals surface area contributed by atoms with E-state index in [1.54, 1.807) is 0 Å². The lowest BCUT2D eigenvalue weighted by Gasteiger charge is -2.27. The van der Waals surface area contributed by atoms with Crippen LogP contribution < -0.4 is 4.90 Å². The lowest BCUT2D eigenvalue weighted by atomic mass is 9.98. The zero-order valence-corrected chi connectivity index (χ0v) is 32.9. The van der Waals surface area contributed by atoms with Gasteiger partial charge < -0.3 is 9.32 Å². The fourth-order valence-electron chi connectivity index (χ4n) is 8.79. The standard InChI is InChI=1S/C54H33NOS2/c1-4-14-34(15-5-1)37-26-28-44-50(32-37)58-54-40(36-18-8-3-9-19-36)29-30-46(51(44)54)55(47-24-13-22-42-41-20-10-11-25-48(41)56-52(42)47)38-27-31-49-45(33-38)43-23-12-21-39(53(43)57-49)35-16-6-2-7-17-35/h1-33H. The molecule has 0 saturated heterocycles. The number of nitrogens with zero attached hydrogens (tertiary/aromatic N) is 1. The van der Waals surface area contributed by atoms with Gasteiger partial charge in [-0.05, 0) is 75.8 Å². The summed E-state index contributed by atoms with van der Waals surface area (Å²) in [7, 11) is 0. The summed E-state index contributed by atoms with van der Waals surface area (Å²) >= 11 is 3.75. The largest absolute Gasteiger partial charge is 0.454 e. The van der Waals surface area contributed by atoms with Crippen molar-refractivity contribution in [2.75, 3.05) is 4.90 Å². The predicted molar refractivity (Wildman–Crippen MR) is 250 cm³/mol. The summed E-state index contributed by atoms with van der Waals surface area (Å²) in [6.45, 7) is 0. The van der Waals surface area contributed by atoms with Crippen LogP contribution >= 0.6 is 22.7 Å². The number of fused-ring (bicyclic) bond motifs is 9. The van der Waals surface area contributed by atoms with E-state index in [1.807, 2.05) is 22.7 Å². The van der Waals surface area contributed by atoms with Gasteiger partial charge in [-0.25, -0.2) is 0 Å². The van der Waals surface area contributed by atoms with E-state index in [-0.39, 0.29) is 0 Å². The second-order valence-corrected chi connectivity index (χ2v) is 16.9. The third-order valence-corrected chi connectivity index (χ3v) is 13.9. The number of rotatable bonds is 6. The van der Waals surface area contributed by atoms with Crippen molar-refractivity contribution >= 4 is 102 Å². The maximum Gasteiger partial charge on any atom is 0.159 e. The van der Waals surface area contributed by atoms with Crippen LogP contribution in [0.5, 0.6) is 0 Å². The maximum atomic E-state index is 6.82. The molecular weight excluding hydrogens is 743 g/mol. The monoisotopic (exact) mass is 775 g/mol. The first kappa shape index (κ1) is 33.2. The summed E-state index contributed by atoms with van der Waals surface area (Å²) in [6, 6.07) is 72.5. The summed E-state index contributed by atoms with van der Waals surface area (Å²) in [4.78, 5) is 2.45. The van der Waals surface area contributed by atoms with Crippen LogP contribution in [0.3, 0.4) is 0 Å². The first-order valence-corrected chi connectivity index (χ1v) is 21.2. The van der Waals surface area contributed by atoms with Gasteiger partial charge in [0.05, 0.1) is 11.4 Å². The van der Waals surface area contributed by atoms with Gasteiger partial charge in [-0.15, -0.1) is 22.7 Å². The van der Waals surface area contributed by atoms with E-state index < -0.39 is 0 Å². The predicted octanol–water partition coefficient (Wildman–Crippen LogP) is 16.8. The van der Waals surface area contributed by atoms with Gasteiger partial charge in [0.15, 0.2) is 5.58 Å². The van der Waals surface area contributed by atoms with Gasteiger partial charge in [0, 0.05) is 56.8 Å². The fraction of sp³-hybridized carbons (Fsp3) is 0. The molecule has 0 amide bonds. The maximum absolute atomic E-state index is 6.82. The molecule has 0 unspecified atom stereocenters. The molecule has 0 saturated carbocycles. The van der Waals surface area contributed by atoms with E-state index >= 15 is 0 Å². The van der Waals surface area contributed by atoms with Crippen molar-refractivity contribution < 1.29 is 4.42 Å². The zero-order chi connectivity index (χ0) is 38.2. The molecule has 0 radical (unpaired) electrons. The molecule has 0 aliphatic rings. The van der Waals surface area contributed by atoms with Crippen LogP contribution in [0.2, 0.25) is 0 Å². The summed E-state index contributed by atoms with van der Waals surface area (Å²) in [5.41, 5.74) is 12.3. The van der Waals surface area contributed by atoms with Crippen LogP contribution in [0.1, 0.15) is 0 Å². The van der Waals surface area contributed by atoms with Crippen molar-refractivity contribution in [2.24, 2.45) is 0 Å². The van der Waals surface area contributed by atoms with Gasteiger partial charge in [-0.1, -0.05) is 158 Å². The molecule has 9 aromatic carbocycles. The fourth-order valence-corrected chi connectivity index (χ4v) is 11.3. The van der Waals surface area contributed by atoms with Crippen LogP contribution in [0.4, 0.5) is 17.1 Å². The smallest absolute Gasteiger partial charge is 0.159 e. The van der Waals surface area contributed by atoms with Gasteiger partial charge in [-0.3, -0.25) is 0 Å². The Morgan fingerprint density at radius 1 is 0.362 bits per heavy atom. The Morgan fingerprint density at radius 2 is 1.02 bits per heavy atom. The second kappa shape index (κ2) is 13.3. The molecule has 3 heterocycles.